The smallest absolute Gasteiger partial charge is 0.137 e. The number of aromatic nitrogens is 1. The van der Waals surface area contributed by atoms with E-state index in [1.54, 1.807) is 0 Å². The lowest BCUT2D eigenvalue weighted by atomic mass is 9.90. The molecule has 0 fully saturated rings. The lowest BCUT2D eigenvalue weighted by Crippen LogP contribution is -2.02. The number of halogens is 1. The Hall–Kier alpha value is -5.39. The molecule has 0 aliphatic heterocycles. The van der Waals surface area contributed by atoms with Crippen molar-refractivity contribution in [3.05, 3.63) is 161 Å². The van der Waals surface area contributed by atoms with Gasteiger partial charge in [-0.3, -0.25) is 0 Å². The van der Waals surface area contributed by atoms with Crippen molar-refractivity contribution in [2.45, 2.75) is 0 Å². The number of rotatable bonds is 3. The summed E-state index contributed by atoms with van der Waals surface area (Å²) in [4.78, 5) is 0. The Bertz CT molecular complexity index is 2760. The van der Waals surface area contributed by atoms with Crippen LogP contribution in [0.5, 0.6) is 0 Å². The van der Waals surface area contributed by atoms with Crippen LogP contribution < -0.4 is 0 Å². The molecule has 0 saturated heterocycles. The van der Waals surface area contributed by atoms with Gasteiger partial charge >= 0.3 is 0 Å². The number of hydrogen-bond donors (Lipinski definition) is 0. The molecule has 0 radical (unpaired) electrons. The van der Waals surface area contributed by atoms with Crippen LogP contribution in [-0.2, 0) is 0 Å². The van der Waals surface area contributed by atoms with Crippen LogP contribution in [0.15, 0.2) is 162 Å². The summed E-state index contributed by atoms with van der Waals surface area (Å²) < 4.78 is 10.2. The van der Waals surface area contributed by atoms with Crippen LogP contribution in [0, 0.1) is 3.57 Å². The third-order valence-electron chi connectivity index (χ3n) is 9.63. The van der Waals surface area contributed by atoms with E-state index in [2.05, 4.69) is 179 Å². The van der Waals surface area contributed by atoms with Crippen molar-refractivity contribution in [3.8, 4) is 27.9 Å². The summed E-state index contributed by atoms with van der Waals surface area (Å²) in [6.45, 7) is 0. The van der Waals surface area contributed by atoms with Gasteiger partial charge in [0.25, 0.3) is 0 Å². The van der Waals surface area contributed by atoms with Crippen molar-refractivity contribution in [1.29, 1.82) is 0 Å². The fourth-order valence-corrected chi connectivity index (χ4v) is 8.22. The quantitative estimate of drug-likeness (QED) is 0.167. The largest absolute Gasteiger partial charge is 0.456 e. The predicted octanol–water partition coefficient (Wildman–Crippen LogP) is 12.9. The van der Waals surface area contributed by atoms with Crippen molar-refractivity contribution in [3.63, 3.8) is 0 Å². The summed E-state index contributed by atoms with van der Waals surface area (Å²) in [5, 5.41) is 9.66. The van der Waals surface area contributed by atoms with Crippen LogP contribution in [0.4, 0.5) is 0 Å². The van der Waals surface area contributed by atoms with Crippen LogP contribution in [-0.4, -0.2) is 4.57 Å². The van der Waals surface area contributed by atoms with Gasteiger partial charge in [0.1, 0.15) is 11.2 Å². The van der Waals surface area contributed by atoms with E-state index in [-0.39, 0.29) is 0 Å². The van der Waals surface area contributed by atoms with Crippen LogP contribution in [0.1, 0.15) is 0 Å². The van der Waals surface area contributed by atoms with E-state index >= 15 is 0 Å². The molecule has 0 bridgehead atoms. The molecule has 8 aromatic carbocycles. The molecule has 47 heavy (non-hydrogen) atoms. The van der Waals surface area contributed by atoms with Crippen molar-refractivity contribution < 1.29 is 4.42 Å². The Kier molecular flexibility index (Phi) is 5.88. The van der Waals surface area contributed by atoms with Crippen LogP contribution in [0.3, 0.4) is 0 Å². The second-order valence-electron chi connectivity index (χ2n) is 12.2. The number of nitrogens with zero attached hydrogens (tertiary/aromatic N) is 1. The van der Waals surface area contributed by atoms with E-state index in [0.29, 0.717) is 0 Å². The van der Waals surface area contributed by atoms with E-state index < -0.39 is 0 Å². The molecule has 0 saturated carbocycles. The second kappa shape index (κ2) is 10.3. The van der Waals surface area contributed by atoms with E-state index in [4.69, 9.17) is 4.42 Å². The molecule has 3 heteroatoms. The molecule has 0 atom stereocenters. The van der Waals surface area contributed by atoms with Gasteiger partial charge in [0.05, 0.1) is 16.7 Å². The number of para-hydroxylation sites is 2. The first kappa shape index (κ1) is 26.8. The van der Waals surface area contributed by atoms with Crippen molar-refractivity contribution in [1.82, 2.24) is 4.57 Å². The van der Waals surface area contributed by atoms with Gasteiger partial charge in [-0.05, 0) is 85.6 Å². The summed E-state index contributed by atoms with van der Waals surface area (Å²) in [5.74, 6) is 0. The van der Waals surface area contributed by atoms with Gasteiger partial charge in [-0.1, -0.05) is 121 Å². The molecule has 0 N–H and O–H groups in total. The van der Waals surface area contributed by atoms with Gasteiger partial charge < -0.3 is 8.98 Å². The van der Waals surface area contributed by atoms with E-state index in [0.717, 1.165) is 27.5 Å². The minimum Gasteiger partial charge on any atom is -0.456 e. The highest BCUT2D eigenvalue weighted by molar-refractivity contribution is 14.1. The first-order chi connectivity index (χ1) is 23.2. The van der Waals surface area contributed by atoms with Crippen molar-refractivity contribution >= 4 is 87.9 Å². The third-order valence-corrected chi connectivity index (χ3v) is 10.3. The molecule has 0 unspecified atom stereocenters. The minimum atomic E-state index is 0.895. The van der Waals surface area contributed by atoms with Crippen LogP contribution in [0.2, 0.25) is 0 Å². The molecule has 0 spiro atoms. The van der Waals surface area contributed by atoms with Crippen LogP contribution in [0.25, 0.3) is 93.2 Å². The standard InChI is InChI=1S/C44H26INO/c45-29-23-38(32-19-9-13-27-11-1-3-15-30(27)32)44(39(24-29)33-20-10-14-28-12-2-4-16-31(28)33)46-40-21-7-5-17-34(40)36-25-37-35-18-6-8-22-42(35)47-43(37)26-41(36)46/h1-26H. The molecule has 2 aromatic heterocycles. The van der Waals surface area contributed by atoms with E-state index in [1.807, 2.05) is 6.07 Å². The highest BCUT2D eigenvalue weighted by Crippen LogP contribution is 2.46. The molecule has 0 aliphatic rings. The maximum Gasteiger partial charge on any atom is 0.137 e. The molecular weight excluding hydrogens is 685 g/mol. The van der Waals surface area contributed by atoms with Gasteiger partial charge in [0.15, 0.2) is 0 Å². The molecule has 2 heterocycles. The Morgan fingerprint density at radius 3 is 1.62 bits per heavy atom. The lowest BCUT2D eigenvalue weighted by molar-refractivity contribution is 0.669. The summed E-state index contributed by atoms with van der Waals surface area (Å²) in [5.41, 5.74) is 10.1. The number of hydrogen-bond acceptors (Lipinski definition) is 1. The summed E-state index contributed by atoms with van der Waals surface area (Å²) in [6, 6.07) is 57.2. The fourth-order valence-electron chi connectivity index (χ4n) is 7.60. The zero-order chi connectivity index (χ0) is 31.1. The van der Waals surface area contributed by atoms with E-state index in [9.17, 15) is 0 Å². The molecule has 2 nitrogen and oxygen atoms in total. The minimum absolute atomic E-state index is 0.895. The highest BCUT2D eigenvalue weighted by Gasteiger charge is 2.23. The van der Waals surface area contributed by atoms with Crippen LogP contribution >= 0.6 is 22.6 Å². The van der Waals surface area contributed by atoms with E-state index in [1.165, 1.54) is 69.3 Å². The second-order valence-corrected chi connectivity index (χ2v) is 13.5. The monoisotopic (exact) mass is 711 g/mol. The number of benzene rings is 8. The molecule has 0 amide bonds. The van der Waals surface area contributed by atoms with Crippen molar-refractivity contribution in [2.75, 3.05) is 0 Å². The molecule has 0 aliphatic carbocycles. The first-order valence-corrected chi connectivity index (χ1v) is 17.0. The fraction of sp³-hybridized carbons (Fsp3) is 0. The SMILES string of the molecule is Ic1cc(-c2cccc3ccccc23)c(-n2c3ccccc3c3cc4c(cc32)oc2ccccc24)c(-c2cccc3ccccc23)c1. The summed E-state index contributed by atoms with van der Waals surface area (Å²) >= 11 is 2.50. The topological polar surface area (TPSA) is 18.1 Å². The molecule has 10 rings (SSSR count). The summed E-state index contributed by atoms with van der Waals surface area (Å²) in [7, 11) is 0. The zero-order valence-corrected chi connectivity index (χ0v) is 27.4. The van der Waals surface area contributed by atoms with Gasteiger partial charge in [0.2, 0.25) is 0 Å². The number of fused-ring (bicyclic) bond motifs is 8. The first-order valence-electron chi connectivity index (χ1n) is 15.9. The molecule has 220 valence electrons. The van der Waals surface area contributed by atoms with Gasteiger partial charge in [-0.25, -0.2) is 0 Å². The Morgan fingerprint density at radius 2 is 0.936 bits per heavy atom. The van der Waals surface area contributed by atoms with Gasteiger partial charge in [-0.15, -0.1) is 0 Å². The average molecular weight is 712 g/mol. The van der Waals surface area contributed by atoms with Crippen molar-refractivity contribution in [2.24, 2.45) is 0 Å². The number of furan rings is 1. The Labute approximate surface area is 284 Å². The highest BCUT2D eigenvalue weighted by atomic mass is 127. The van der Waals surface area contributed by atoms with Gasteiger partial charge in [-0.2, -0.15) is 0 Å². The predicted molar refractivity (Wildman–Crippen MR) is 207 cm³/mol. The normalized spacial score (nSPS) is 11.9. The maximum absolute atomic E-state index is 6.50. The molecular formula is C44H26INO. The Morgan fingerprint density at radius 1 is 0.383 bits per heavy atom. The zero-order valence-electron chi connectivity index (χ0n) is 25.2. The van der Waals surface area contributed by atoms with Gasteiger partial charge in [0, 0.05) is 42.3 Å². The Balaban J connectivity index is 1.42. The molecule has 10 aromatic rings. The average Bonchev–Trinajstić information content (AvgIpc) is 3.64. The maximum atomic E-state index is 6.50. The third kappa shape index (κ3) is 4.03. The lowest BCUT2D eigenvalue weighted by Gasteiger charge is -2.21. The summed E-state index contributed by atoms with van der Waals surface area (Å²) in [6.07, 6.45) is 0.